The summed E-state index contributed by atoms with van der Waals surface area (Å²) in [6.07, 6.45) is 14.5. The second kappa shape index (κ2) is 9.17. The molecule has 134 valence electrons. The fourth-order valence-corrected chi connectivity index (χ4v) is 9.69. The van der Waals surface area contributed by atoms with E-state index in [-0.39, 0.29) is 5.82 Å². The molecule has 0 aromatic heterocycles. The number of rotatable bonds is 6. The van der Waals surface area contributed by atoms with E-state index in [2.05, 4.69) is 6.92 Å². The lowest BCUT2D eigenvalue weighted by Crippen LogP contribution is -2.29. The minimum absolute atomic E-state index is 0.112. The third-order valence-corrected chi connectivity index (χ3v) is 11.1. The maximum absolute atomic E-state index is 13.0. The van der Waals surface area contributed by atoms with E-state index in [9.17, 15) is 4.39 Å². The molecule has 1 saturated carbocycles. The van der Waals surface area contributed by atoms with E-state index in [0.717, 1.165) is 18.3 Å². The minimum atomic E-state index is -0.448. The zero-order chi connectivity index (χ0) is 16.8. The molecule has 0 N–H and O–H groups in total. The fourth-order valence-electron chi connectivity index (χ4n) is 5.33. The van der Waals surface area contributed by atoms with Crippen LogP contribution in [0, 0.1) is 17.7 Å². The molecule has 2 fully saturated rings. The van der Waals surface area contributed by atoms with Gasteiger partial charge in [0.25, 0.3) is 0 Å². The molecular formula is C22H35FSi. The summed E-state index contributed by atoms with van der Waals surface area (Å²) in [4.78, 5) is 0. The van der Waals surface area contributed by atoms with Crippen LogP contribution in [0.4, 0.5) is 4.39 Å². The van der Waals surface area contributed by atoms with Gasteiger partial charge in [-0.3, -0.25) is 0 Å². The van der Waals surface area contributed by atoms with E-state index in [0.29, 0.717) is 0 Å². The van der Waals surface area contributed by atoms with E-state index in [1.54, 1.807) is 37.1 Å². The van der Waals surface area contributed by atoms with E-state index < -0.39 is 8.80 Å². The summed E-state index contributed by atoms with van der Waals surface area (Å²) in [7, 11) is -0.448. The molecule has 2 heteroatoms. The van der Waals surface area contributed by atoms with Crippen molar-refractivity contribution in [2.45, 2.75) is 88.8 Å². The summed E-state index contributed by atoms with van der Waals surface area (Å²) in [5.41, 5.74) is 2.49. The molecule has 1 aliphatic carbocycles. The van der Waals surface area contributed by atoms with Crippen molar-refractivity contribution in [3.63, 3.8) is 0 Å². The first-order chi connectivity index (χ1) is 11.7. The van der Waals surface area contributed by atoms with Crippen LogP contribution >= 0.6 is 0 Å². The fraction of sp³-hybridized carbons (Fsp3) is 0.727. The normalized spacial score (nSPS) is 31.1. The molecule has 24 heavy (non-hydrogen) atoms. The molecular weight excluding hydrogens is 311 g/mol. The van der Waals surface area contributed by atoms with Crippen molar-refractivity contribution < 1.29 is 4.39 Å². The van der Waals surface area contributed by atoms with Crippen molar-refractivity contribution in [1.29, 1.82) is 0 Å². The van der Waals surface area contributed by atoms with Crippen LogP contribution in [0.15, 0.2) is 24.3 Å². The molecule has 0 bridgehead atoms. The molecule has 0 amide bonds. The average Bonchev–Trinajstić information content (AvgIpc) is 2.63. The molecule has 1 heterocycles. The van der Waals surface area contributed by atoms with Gasteiger partial charge in [-0.05, 0) is 47.9 Å². The van der Waals surface area contributed by atoms with E-state index in [1.807, 2.05) is 12.1 Å². The van der Waals surface area contributed by atoms with Crippen LogP contribution < -0.4 is 0 Å². The second-order valence-electron chi connectivity index (χ2n) is 8.52. The summed E-state index contributed by atoms with van der Waals surface area (Å²) >= 11 is 0. The van der Waals surface area contributed by atoms with E-state index in [1.165, 1.54) is 56.1 Å². The molecule has 1 saturated heterocycles. The number of benzene rings is 1. The van der Waals surface area contributed by atoms with Crippen molar-refractivity contribution in [3.05, 3.63) is 35.6 Å². The summed E-state index contributed by atoms with van der Waals surface area (Å²) in [5, 5.41) is 0. The van der Waals surface area contributed by atoms with Crippen LogP contribution in [0.3, 0.4) is 0 Å². The third kappa shape index (κ3) is 5.18. The molecule has 0 atom stereocenters. The number of aryl methyl sites for hydroxylation is 1. The topological polar surface area (TPSA) is 0 Å². The van der Waals surface area contributed by atoms with Gasteiger partial charge in [0, 0.05) is 8.80 Å². The lowest BCUT2D eigenvalue weighted by molar-refractivity contribution is 0.330. The van der Waals surface area contributed by atoms with Crippen molar-refractivity contribution >= 4 is 8.80 Å². The Labute approximate surface area is 149 Å². The van der Waals surface area contributed by atoms with Crippen LogP contribution in [0.1, 0.15) is 70.3 Å². The molecule has 1 aromatic carbocycles. The van der Waals surface area contributed by atoms with Gasteiger partial charge in [0.05, 0.1) is 0 Å². The van der Waals surface area contributed by atoms with Crippen LogP contribution in [0.5, 0.6) is 0 Å². The smallest absolute Gasteiger partial charge is 0.123 e. The Morgan fingerprint density at radius 2 is 1.50 bits per heavy atom. The SMILES string of the molecule is CCC[C@H]1CC[C@H]([SiH]2CCC(CCc3ccc(F)cc3)CC2)CC1. The first-order valence-electron chi connectivity index (χ1n) is 10.5. The monoisotopic (exact) mass is 346 g/mol. The van der Waals surface area contributed by atoms with Crippen LogP contribution in [0.2, 0.25) is 17.6 Å². The number of hydrogen-bond acceptors (Lipinski definition) is 0. The zero-order valence-electron chi connectivity index (χ0n) is 15.5. The van der Waals surface area contributed by atoms with Gasteiger partial charge >= 0.3 is 0 Å². The van der Waals surface area contributed by atoms with Gasteiger partial charge in [-0.2, -0.15) is 0 Å². The van der Waals surface area contributed by atoms with Gasteiger partial charge < -0.3 is 0 Å². The minimum Gasteiger partial charge on any atom is -0.207 e. The lowest BCUT2D eigenvalue weighted by Gasteiger charge is -2.37. The molecule has 0 spiro atoms. The van der Waals surface area contributed by atoms with E-state index in [4.69, 9.17) is 0 Å². The van der Waals surface area contributed by atoms with Crippen LogP contribution in [-0.4, -0.2) is 8.80 Å². The first-order valence-corrected chi connectivity index (χ1v) is 12.8. The van der Waals surface area contributed by atoms with E-state index >= 15 is 0 Å². The average molecular weight is 347 g/mol. The summed E-state index contributed by atoms with van der Waals surface area (Å²) in [6.45, 7) is 2.34. The lowest BCUT2D eigenvalue weighted by atomic mass is 9.86. The van der Waals surface area contributed by atoms with Gasteiger partial charge in [-0.1, -0.05) is 82.5 Å². The Morgan fingerprint density at radius 1 is 0.875 bits per heavy atom. The van der Waals surface area contributed by atoms with Gasteiger partial charge in [0.1, 0.15) is 5.82 Å². The Hall–Kier alpha value is -0.633. The van der Waals surface area contributed by atoms with Crippen molar-refractivity contribution in [2.24, 2.45) is 11.8 Å². The molecule has 0 nitrogen and oxygen atoms in total. The van der Waals surface area contributed by atoms with Gasteiger partial charge in [0.2, 0.25) is 0 Å². The largest absolute Gasteiger partial charge is 0.207 e. The highest BCUT2D eigenvalue weighted by Crippen LogP contribution is 2.42. The quantitative estimate of drug-likeness (QED) is 0.499. The van der Waals surface area contributed by atoms with Crippen molar-refractivity contribution in [1.82, 2.24) is 0 Å². The first kappa shape index (κ1) is 18.2. The Kier molecular flexibility index (Phi) is 6.94. The maximum Gasteiger partial charge on any atom is 0.123 e. The highest BCUT2D eigenvalue weighted by atomic mass is 28.3. The summed E-state index contributed by atoms with van der Waals surface area (Å²) in [5.74, 6) is 1.89. The molecule has 1 aliphatic heterocycles. The van der Waals surface area contributed by atoms with Gasteiger partial charge in [0.15, 0.2) is 0 Å². The van der Waals surface area contributed by atoms with Gasteiger partial charge in [-0.25, -0.2) is 4.39 Å². The zero-order valence-corrected chi connectivity index (χ0v) is 16.6. The predicted octanol–water partition coefficient (Wildman–Crippen LogP) is 6.76. The second-order valence-corrected chi connectivity index (χ2v) is 12.1. The van der Waals surface area contributed by atoms with Gasteiger partial charge in [-0.15, -0.1) is 0 Å². The highest BCUT2D eigenvalue weighted by Gasteiger charge is 2.31. The van der Waals surface area contributed by atoms with Crippen LogP contribution in [0.25, 0.3) is 0 Å². The standard InChI is InChI=1S/C22H35FSi/c1-2-3-18-8-12-22(13-9-18)24-16-14-20(15-17-24)5-4-19-6-10-21(23)11-7-19/h6-7,10-11,18,20,22,24H,2-5,8-9,12-17H2,1H3/t18-,20?,22-,24?. The Balaban J connectivity index is 1.36. The summed E-state index contributed by atoms with van der Waals surface area (Å²) < 4.78 is 13.0. The number of hydrogen-bond donors (Lipinski definition) is 0. The maximum atomic E-state index is 13.0. The molecule has 0 unspecified atom stereocenters. The Bertz CT molecular complexity index is 467. The highest BCUT2D eigenvalue weighted by molar-refractivity contribution is 6.60. The molecule has 2 aliphatic rings. The molecule has 1 aromatic rings. The molecule has 0 radical (unpaired) electrons. The summed E-state index contributed by atoms with van der Waals surface area (Å²) in [6, 6.07) is 10.4. The van der Waals surface area contributed by atoms with Crippen molar-refractivity contribution in [3.8, 4) is 0 Å². The van der Waals surface area contributed by atoms with Crippen molar-refractivity contribution in [2.75, 3.05) is 0 Å². The third-order valence-electron chi connectivity index (χ3n) is 6.90. The Morgan fingerprint density at radius 3 is 2.12 bits per heavy atom. The predicted molar refractivity (Wildman–Crippen MR) is 105 cm³/mol. The van der Waals surface area contributed by atoms with Crippen LogP contribution in [-0.2, 0) is 6.42 Å². The molecule has 3 rings (SSSR count). The number of halogens is 1.